The molecule has 0 saturated heterocycles. The van der Waals surface area contributed by atoms with Gasteiger partial charge in [0.1, 0.15) is 6.10 Å². The SMILES string of the molecule is CCOC(=O)CCNCCC(=O)O[C@H]1CC[C@@]2(C)C(=CC[C@H]3[C@@H]4CCC[C@H]([C@H](C)CC[C@@H](CC)C(C)C)[C@@]4(C)CC[C@@H]32)C1. The summed E-state index contributed by atoms with van der Waals surface area (Å²) >= 11 is 0. The highest BCUT2D eigenvalue weighted by Crippen LogP contribution is 2.66. The Labute approximate surface area is 264 Å². The molecule has 0 bridgehead atoms. The van der Waals surface area contributed by atoms with E-state index in [4.69, 9.17) is 9.47 Å². The van der Waals surface area contributed by atoms with Gasteiger partial charge < -0.3 is 14.8 Å². The Morgan fingerprint density at radius 3 is 2.40 bits per heavy atom. The maximum Gasteiger partial charge on any atom is 0.307 e. The lowest BCUT2D eigenvalue weighted by Crippen LogP contribution is -2.54. The maximum absolute atomic E-state index is 12.6. The summed E-state index contributed by atoms with van der Waals surface area (Å²) in [5, 5.41) is 3.17. The molecule has 0 radical (unpaired) electrons. The van der Waals surface area contributed by atoms with Crippen molar-refractivity contribution in [3.8, 4) is 0 Å². The summed E-state index contributed by atoms with van der Waals surface area (Å²) in [4.78, 5) is 24.1. The van der Waals surface area contributed by atoms with Gasteiger partial charge in [-0.05, 0) is 111 Å². The van der Waals surface area contributed by atoms with Gasteiger partial charge in [0, 0.05) is 19.5 Å². The molecule has 0 aliphatic heterocycles. The molecule has 0 aromatic heterocycles. The van der Waals surface area contributed by atoms with E-state index in [-0.39, 0.29) is 23.5 Å². The summed E-state index contributed by atoms with van der Waals surface area (Å²) < 4.78 is 10.9. The number of rotatable bonds is 14. The highest BCUT2D eigenvalue weighted by Gasteiger charge is 2.57. The van der Waals surface area contributed by atoms with E-state index < -0.39 is 0 Å². The van der Waals surface area contributed by atoms with Crippen molar-refractivity contribution in [1.29, 1.82) is 0 Å². The molecule has 43 heavy (non-hydrogen) atoms. The van der Waals surface area contributed by atoms with Gasteiger partial charge in [-0.2, -0.15) is 0 Å². The number of hydrogen-bond donors (Lipinski definition) is 1. The first kappa shape index (κ1) is 34.5. The summed E-state index contributed by atoms with van der Waals surface area (Å²) in [6, 6.07) is 0. The largest absolute Gasteiger partial charge is 0.466 e. The number of allylic oxidation sites excluding steroid dienone is 1. The average Bonchev–Trinajstić information content (AvgIpc) is 2.96. The molecule has 4 aliphatic rings. The van der Waals surface area contributed by atoms with Crippen LogP contribution in [0.1, 0.15) is 138 Å². The number of carbonyl (C=O) groups is 2. The fourth-order valence-electron chi connectivity index (χ4n) is 10.6. The summed E-state index contributed by atoms with van der Waals surface area (Å²) in [6.45, 7) is 18.3. The fourth-order valence-corrected chi connectivity index (χ4v) is 10.6. The lowest BCUT2D eigenvalue weighted by atomic mass is 9.42. The number of fused-ring (bicyclic) bond motifs is 5. The molecule has 1 N–H and O–H groups in total. The van der Waals surface area contributed by atoms with Crippen molar-refractivity contribution in [2.45, 2.75) is 144 Å². The molecular weight excluding hydrogens is 534 g/mol. The monoisotopic (exact) mass is 599 g/mol. The molecule has 246 valence electrons. The molecule has 4 aliphatic carbocycles. The number of ether oxygens (including phenoxy) is 2. The van der Waals surface area contributed by atoms with Crippen molar-refractivity contribution in [2.24, 2.45) is 52.3 Å². The van der Waals surface area contributed by atoms with Crippen molar-refractivity contribution in [2.75, 3.05) is 19.7 Å². The first-order valence-corrected chi connectivity index (χ1v) is 18.3. The Balaban J connectivity index is 1.32. The van der Waals surface area contributed by atoms with Crippen LogP contribution < -0.4 is 5.32 Å². The third-order valence-electron chi connectivity index (χ3n) is 13.1. The molecule has 0 aromatic carbocycles. The van der Waals surface area contributed by atoms with Crippen LogP contribution in [0.4, 0.5) is 0 Å². The average molecular weight is 600 g/mol. The van der Waals surface area contributed by atoms with E-state index >= 15 is 0 Å². The summed E-state index contributed by atoms with van der Waals surface area (Å²) in [7, 11) is 0. The van der Waals surface area contributed by atoms with Crippen LogP contribution in [0.2, 0.25) is 0 Å². The van der Waals surface area contributed by atoms with Gasteiger partial charge in [-0.3, -0.25) is 9.59 Å². The number of hydrogen-bond acceptors (Lipinski definition) is 5. The molecule has 0 spiro atoms. The minimum absolute atomic E-state index is 0.00876. The molecule has 0 heterocycles. The minimum atomic E-state index is -0.200. The van der Waals surface area contributed by atoms with E-state index in [1.165, 1.54) is 57.8 Å². The van der Waals surface area contributed by atoms with Crippen LogP contribution in [0.5, 0.6) is 0 Å². The fraction of sp³-hybridized carbons (Fsp3) is 0.895. The molecule has 9 atom stereocenters. The van der Waals surface area contributed by atoms with Crippen molar-refractivity contribution in [1.82, 2.24) is 5.32 Å². The van der Waals surface area contributed by atoms with Crippen LogP contribution in [-0.4, -0.2) is 37.7 Å². The van der Waals surface area contributed by atoms with Crippen molar-refractivity contribution < 1.29 is 19.1 Å². The van der Waals surface area contributed by atoms with Crippen LogP contribution in [-0.2, 0) is 19.1 Å². The summed E-state index contributed by atoms with van der Waals surface area (Å²) in [6.07, 6.45) is 18.8. The Hall–Kier alpha value is -1.36. The third-order valence-corrected chi connectivity index (χ3v) is 13.1. The summed E-state index contributed by atoms with van der Waals surface area (Å²) in [5.41, 5.74) is 2.34. The van der Waals surface area contributed by atoms with Gasteiger partial charge in [-0.25, -0.2) is 0 Å². The topological polar surface area (TPSA) is 64.6 Å². The second kappa shape index (κ2) is 15.3. The Bertz CT molecular complexity index is 960. The van der Waals surface area contributed by atoms with Gasteiger partial charge in [-0.1, -0.05) is 72.5 Å². The van der Waals surface area contributed by atoms with Gasteiger partial charge in [-0.15, -0.1) is 0 Å². The number of esters is 2. The zero-order valence-electron chi connectivity index (χ0n) is 28.8. The Kier molecular flexibility index (Phi) is 12.3. The van der Waals surface area contributed by atoms with Crippen molar-refractivity contribution in [3.05, 3.63) is 11.6 Å². The highest BCUT2D eigenvalue weighted by molar-refractivity contribution is 5.70. The van der Waals surface area contributed by atoms with E-state index in [1.54, 1.807) is 5.57 Å². The molecular formula is C38H65NO4. The number of carbonyl (C=O) groups excluding carboxylic acids is 2. The lowest BCUT2D eigenvalue weighted by molar-refractivity contribution is -0.152. The van der Waals surface area contributed by atoms with E-state index in [0.29, 0.717) is 38.0 Å². The smallest absolute Gasteiger partial charge is 0.307 e. The van der Waals surface area contributed by atoms with Gasteiger partial charge in [0.25, 0.3) is 0 Å². The zero-order chi connectivity index (χ0) is 31.2. The molecule has 3 fully saturated rings. The van der Waals surface area contributed by atoms with Gasteiger partial charge in [0.05, 0.1) is 19.4 Å². The van der Waals surface area contributed by atoms with Crippen LogP contribution in [0.3, 0.4) is 0 Å². The lowest BCUT2D eigenvalue weighted by Gasteiger charge is -2.62. The standard InChI is InChI=1S/C38H65NO4/c1-8-28(26(3)4)14-13-27(5)32-11-10-12-33-31-16-15-29-25-30(17-21-37(29,6)34(31)18-22-38(32,33)7)43-36(41)20-24-39-23-19-35(40)42-9-2/h15,26-28,30-34,39H,8-14,16-25H2,1-7H3/t27-,28-,30+,31+,32-,33+,34+,37+,38-/m1/s1. The normalized spacial score (nSPS) is 35.2. The Morgan fingerprint density at radius 1 is 0.953 bits per heavy atom. The van der Waals surface area contributed by atoms with E-state index in [2.05, 4.69) is 52.9 Å². The molecule has 0 amide bonds. The predicted octanol–water partition coefficient (Wildman–Crippen LogP) is 8.90. The van der Waals surface area contributed by atoms with E-state index in [9.17, 15) is 9.59 Å². The van der Waals surface area contributed by atoms with Gasteiger partial charge in [0.2, 0.25) is 0 Å². The Morgan fingerprint density at radius 2 is 1.70 bits per heavy atom. The number of nitrogens with one attached hydrogen (secondary N) is 1. The molecule has 4 rings (SSSR count). The maximum atomic E-state index is 12.6. The zero-order valence-corrected chi connectivity index (χ0v) is 28.8. The van der Waals surface area contributed by atoms with Crippen LogP contribution in [0.15, 0.2) is 11.6 Å². The minimum Gasteiger partial charge on any atom is -0.466 e. The van der Waals surface area contributed by atoms with Crippen molar-refractivity contribution in [3.63, 3.8) is 0 Å². The molecule has 0 unspecified atom stereocenters. The van der Waals surface area contributed by atoms with Crippen LogP contribution in [0.25, 0.3) is 0 Å². The van der Waals surface area contributed by atoms with Crippen LogP contribution >= 0.6 is 0 Å². The highest BCUT2D eigenvalue weighted by atomic mass is 16.5. The second-order valence-electron chi connectivity index (χ2n) is 15.7. The molecule has 0 aromatic rings. The molecule has 5 nitrogen and oxygen atoms in total. The predicted molar refractivity (Wildman–Crippen MR) is 175 cm³/mol. The first-order valence-electron chi connectivity index (χ1n) is 18.3. The first-order chi connectivity index (χ1) is 20.5. The second-order valence-corrected chi connectivity index (χ2v) is 15.7. The van der Waals surface area contributed by atoms with Gasteiger partial charge >= 0.3 is 11.9 Å². The van der Waals surface area contributed by atoms with Crippen LogP contribution in [0, 0.1) is 52.3 Å². The van der Waals surface area contributed by atoms with Crippen molar-refractivity contribution >= 4 is 11.9 Å². The summed E-state index contributed by atoms with van der Waals surface area (Å²) in [5.74, 6) is 5.53. The van der Waals surface area contributed by atoms with E-state index in [1.807, 2.05) is 6.92 Å². The van der Waals surface area contributed by atoms with E-state index in [0.717, 1.165) is 60.7 Å². The molecule has 5 heteroatoms. The third kappa shape index (κ3) is 7.90. The van der Waals surface area contributed by atoms with Gasteiger partial charge in [0.15, 0.2) is 0 Å². The molecule has 3 saturated carbocycles. The quantitative estimate of drug-likeness (QED) is 0.123.